The van der Waals surface area contributed by atoms with Crippen molar-refractivity contribution in [2.45, 2.75) is 32.0 Å². The van der Waals surface area contributed by atoms with Crippen LogP contribution in [0.5, 0.6) is 23.0 Å². The summed E-state index contributed by atoms with van der Waals surface area (Å²) >= 11 is 0. The number of quaternary nitrogens is 1. The van der Waals surface area contributed by atoms with Crippen molar-refractivity contribution in [2.75, 3.05) is 27.6 Å². The van der Waals surface area contributed by atoms with E-state index in [4.69, 9.17) is 18.9 Å². The maximum Gasteiger partial charge on any atom is 0.231 e. The van der Waals surface area contributed by atoms with Crippen LogP contribution in [-0.4, -0.2) is 32.0 Å². The molecule has 0 amide bonds. The zero-order chi connectivity index (χ0) is 22.6. The van der Waals surface area contributed by atoms with Crippen molar-refractivity contribution in [3.63, 3.8) is 0 Å². The Bertz CT molecular complexity index is 1240. The van der Waals surface area contributed by atoms with Gasteiger partial charge in [0.05, 0.1) is 26.3 Å². The van der Waals surface area contributed by atoms with Gasteiger partial charge in [-0.15, -0.1) is 0 Å². The molecule has 0 saturated carbocycles. The summed E-state index contributed by atoms with van der Waals surface area (Å²) in [5.74, 6) is 3.01. The quantitative estimate of drug-likeness (QED) is 0.530. The fourth-order valence-electron chi connectivity index (χ4n) is 5.98. The van der Waals surface area contributed by atoms with E-state index >= 15 is 0 Å². The molecule has 0 aliphatic carbocycles. The van der Waals surface area contributed by atoms with Crippen LogP contribution in [0.15, 0.2) is 48.5 Å². The van der Waals surface area contributed by atoms with Crippen LogP contribution in [-0.2, 0) is 25.9 Å². The van der Waals surface area contributed by atoms with Gasteiger partial charge in [0.2, 0.25) is 6.79 Å². The van der Waals surface area contributed by atoms with Crippen LogP contribution >= 0.6 is 0 Å². The van der Waals surface area contributed by atoms with Gasteiger partial charge in [-0.05, 0) is 41.5 Å². The summed E-state index contributed by atoms with van der Waals surface area (Å²) in [6.45, 7) is 2.76. The Balaban J connectivity index is 1.51. The zero-order valence-electron chi connectivity index (χ0n) is 18.9. The van der Waals surface area contributed by atoms with Crippen molar-refractivity contribution in [2.24, 2.45) is 0 Å². The van der Waals surface area contributed by atoms with E-state index in [1.807, 2.05) is 12.1 Å². The van der Waals surface area contributed by atoms with Crippen LogP contribution in [0, 0.1) is 5.82 Å². The highest BCUT2D eigenvalue weighted by molar-refractivity contribution is 5.54. The molecular weight excluding hydrogens is 421 g/mol. The Labute approximate surface area is 192 Å². The van der Waals surface area contributed by atoms with Crippen molar-refractivity contribution in [3.8, 4) is 23.0 Å². The minimum absolute atomic E-state index is 0.195. The normalized spacial score (nSPS) is 22.2. The van der Waals surface area contributed by atoms with E-state index < -0.39 is 0 Å². The summed E-state index contributed by atoms with van der Waals surface area (Å²) in [5, 5.41) is 0. The Morgan fingerprint density at radius 2 is 1.85 bits per heavy atom. The van der Waals surface area contributed by atoms with Crippen LogP contribution in [0.25, 0.3) is 0 Å². The van der Waals surface area contributed by atoms with Gasteiger partial charge in [-0.3, -0.25) is 0 Å². The van der Waals surface area contributed by atoms with Crippen LogP contribution in [0.1, 0.15) is 33.9 Å². The summed E-state index contributed by atoms with van der Waals surface area (Å²) in [5.41, 5.74) is 6.10. The molecule has 3 heterocycles. The first-order chi connectivity index (χ1) is 16.1. The van der Waals surface area contributed by atoms with Crippen molar-refractivity contribution in [1.29, 1.82) is 0 Å². The summed E-state index contributed by atoms with van der Waals surface area (Å²) < 4.78 is 37.7. The average molecular weight is 449 g/mol. The molecule has 0 saturated heterocycles. The number of rotatable bonds is 4. The number of hydrogen-bond acceptors (Lipinski definition) is 4. The second-order valence-corrected chi connectivity index (χ2v) is 9.20. The number of methoxy groups -OCH3 is 2. The molecule has 3 aliphatic rings. The Morgan fingerprint density at radius 3 is 2.64 bits per heavy atom. The first-order valence-electron chi connectivity index (χ1n) is 11.4. The molecule has 6 heteroatoms. The number of fused-ring (bicyclic) bond motifs is 5. The largest absolute Gasteiger partial charge is 0.493 e. The van der Waals surface area contributed by atoms with Gasteiger partial charge < -0.3 is 23.4 Å². The number of halogens is 1. The van der Waals surface area contributed by atoms with Crippen molar-refractivity contribution >= 4 is 0 Å². The Kier molecular flexibility index (Phi) is 4.73. The molecule has 33 heavy (non-hydrogen) atoms. The molecule has 2 unspecified atom stereocenters. The van der Waals surface area contributed by atoms with E-state index in [9.17, 15) is 4.39 Å². The predicted octanol–water partition coefficient (Wildman–Crippen LogP) is 4.94. The third-order valence-corrected chi connectivity index (χ3v) is 7.50. The maximum atomic E-state index is 14.1. The molecule has 0 bridgehead atoms. The lowest BCUT2D eigenvalue weighted by Gasteiger charge is -2.51. The molecule has 3 aromatic carbocycles. The van der Waals surface area contributed by atoms with E-state index in [0.717, 1.165) is 65.5 Å². The molecule has 170 valence electrons. The molecule has 2 atom stereocenters. The summed E-state index contributed by atoms with van der Waals surface area (Å²) in [4.78, 5) is 0. The van der Waals surface area contributed by atoms with E-state index in [1.165, 1.54) is 28.3 Å². The van der Waals surface area contributed by atoms with Gasteiger partial charge in [0.15, 0.2) is 23.0 Å². The monoisotopic (exact) mass is 448 g/mol. The summed E-state index contributed by atoms with van der Waals surface area (Å²) in [6.07, 6.45) is 1.80. The van der Waals surface area contributed by atoms with Crippen LogP contribution in [0.2, 0.25) is 0 Å². The van der Waals surface area contributed by atoms with Crippen LogP contribution < -0.4 is 18.9 Å². The molecule has 3 aromatic rings. The molecule has 0 radical (unpaired) electrons. The van der Waals surface area contributed by atoms with Crippen molar-refractivity contribution in [1.82, 2.24) is 0 Å². The predicted molar refractivity (Wildman–Crippen MR) is 121 cm³/mol. The molecule has 0 N–H and O–H groups in total. The zero-order valence-corrected chi connectivity index (χ0v) is 18.9. The third-order valence-electron chi connectivity index (χ3n) is 7.50. The maximum absolute atomic E-state index is 14.1. The Hall–Kier alpha value is -3.25. The standard InChI is InChI=1S/C27H27FNO4/c1-30-24-7-6-18-11-23-21-13-26-25(32-16-33-26)12-19(21)8-9-29(23,15-22(18)27(24)31-2)14-17-4-3-5-20(28)10-17/h3-7,10,12-13,23H,8-9,11,14-16H2,1-2H3/q+1. The highest BCUT2D eigenvalue weighted by atomic mass is 19.1. The molecule has 0 fully saturated rings. The van der Waals surface area contributed by atoms with E-state index in [2.05, 4.69) is 18.2 Å². The lowest BCUT2D eigenvalue weighted by atomic mass is 9.80. The fourth-order valence-corrected chi connectivity index (χ4v) is 5.98. The lowest BCUT2D eigenvalue weighted by molar-refractivity contribution is -0.985. The molecule has 0 aromatic heterocycles. The fraction of sp³-hybridized carbons (Fsp3) is 0.333. The number of nitrogens with zero attached hydrogens (tertiary/aromatic N) is 1. The van der Waals surface area contributed by atoms with Crippen molar-refractivity contribution < 1.29 is 27.8 Å². The van der Waals surface area contributed by atoms with E-state index in [1.54, 1.807) is 26.4 Å². The van der Waals surface area contributed by atoms with Gasteiger partial charge >= 0.3 is 0 Å². The number of benzene rings is 3. The van der Waals surface area contributed by atoms with E-state index in [0.29, 0.717) is 0 Å². The lowest BCUT2D eigenvalue weighted by Crippen LogP contribution is -2.55. The van der Waals surface area contributed by atoms with Gasteiger partial charge in [-0.2, -0.15) is 0 Å². The minimum atomic E-state index is -0.195. The van der Waals surface area contributed by atoms with Gasteiger partial charge in [0.25, 0.3) is 0 Å². The summed E-state index contributed by atoms with van der Waals surface area (Å²) in [7, 11) is 3.38. The van der Waals surface area contributed by atoms with Crippen LogP contribution in [0.4, 0.5) is 4.39 Å². The van der Waals surface area contributed by atoms with Crippen LogP contribution in [0.3, 0.4) is 0 Å². The second-order valence-electron chi connectivity index (χ2n) is 9.20. The SMILES string of the molecule is COc1ccc2c(c1OC)C[N+]1(Cc3cccc(F)c3)CCc3cc4c(cc3C1C2)OCO4. The van der Waals surface area contributed by atoms with Gasteiger partial charge in [-0.25, -0.2) is 4.39 Å². The third kappa shape index (κ3) is 3.23. The van der Waals surface area contributed by atoms with Gasteiger partial charge in [0.1, 0.15) is 24.9 Å². The highest BCUT2D eigenvalue weighted by Gasteiger charge is 2.47. The van der Waals surface area contributed by atoms with Gasteiger partial charge in [0, 0.05) is 24.0 Å². The first kappa shape index (κ1) is 20.4. The molecule has 5 nitrogen and oxygen atoms in total. The molecule has 3 aliphatic heterocycles. The first-order valence-corrected chi connectivity index (χ1v) is 11.4. The molecule has 6 rings (SSSR count). The smallest absolute Gasteiger partial charge is 0.231 e. The Morgan fingerprint density at radius 1 is 1.00 bits per heavy atom. The molecular formula is C27H27FNO4+. The minimum Gasteiger partial charge on any atom is -0.493 e. The summed E-state index contributed by atoms with van der Waals surface area (Å²) in [6, 6.07) is 15.7. The second kappa shape index (κ2) is 7.66. The number of ether oxygens (including phenoxy) is 4. The average Bonchev–Trinajstić information content (AvgIpc) is 3.28. The highest BCUT2D eigenvalue weighted by Crippen LogP contribution is 2.51. The topological polar surface area (TPSA) is 36.9 Å². The van der Waals surface area contributed by atoms with Gasteiger partial charge in [-0.1, -0.05) is 18.2 Å². The molecule has 0 spiro atoms. The van der Waals surface area contributed by atoms with Crippen molar-refractivity contribution in [3.05, 3.63) is 82.2 Å². The van der Waals surface area contributed by atoms with E-state index in [-0.39, 0.29) is 18.7 Å². The number of hydrogen-bond donors (Lipinski definition) is 0.